The number of thiazole rings is 1. The number of nitrogens with zero attached hydrogens (tertiary/aromatic N) is 4. The molecule has 0 radical (unpaired) electrons. The Morgan fingerprint density at radius 3 is 2.86 bits per heavy atom. The number of nitrogens with one attached hydrogen (secondary N) is 2. The number of hydrogen-bond acceptors (Lipinski definition) is 6. The quantitative estimate of drug-likeness (QED) is 0.717. The third-order valence-electron chi connectivity index (χ3n) is 5.11. The van der Waals surface area contributed by atoms with Gasteiger partial charge in [-0.3, -0.25) is 10.2 Å². The van der Waals surface area contributed by atoms with Gasteiger partial charge in [0.15, 0.2) is 10.9 Å². The molecule has 2 aromatic heterocycles. The van der Waals surface area contributed by atoms with Gasteiger partial charge in [-0.05, 0) is 43.7 Å². The van der Waals surface area contributed by atoms with E-state index in [-0.39, 0.29) is 6.03 Å². The lowest BCUT2D eigenvalue weighted by molar-refractivity contribution is 0.256. The van der Waals surface area contributed by atoms with Crippen LogP contribution in [0.3, 0.4) is 0 Å². The van der Waals surface area contributed by atoms with E-state index in [0.29, 0.717) is 23.4 Å². The monoisotopic (exact) mass is 416 g/mol. The minimum Gasteiger partial charge on any atom is -0.382 e. The van der Waals surface area contributed by atoms with Gasteiger partial charge in [-0.2, -0.15) is 0 Å². The van der Waals surface area contributed by atoms with Crippen molar-refractivity contribution in [3.05, 3.63) is 23.7 Å². The number of carbonyl (C=O) groups excluding carboxylic acids is 1. The molecular formula is C21H32N6OS. The fourth-order valence-corrected chi connectivity index (χ4v) is 4.24. The Hall–Kier alpha value is -2.35. The molecule has 2 aromatic rings. The van der Waals surface area contributed by atoms with Crippen LogP contribution in [0.15, 0.2) is 23.7 Å². The van der Waals surface area contributed by atoms with Crippen LogP contribution in [-0.4, -0.2) is 42.2 Å². The maximum Gasteiger partial charge on any atom is 0.329 e. The van der Waals surface area contributed by atoms with Crippen molar-refractivity contribution < 1.29 is 4.79 Å². The van der Waals surface area contributed by atoms with E-state index in [4.69, 9.17) is 4.98 Å². The molecule has 29 heavy (non-hydrogen) atoms. The molecule has 2 aliphatic heterocycles. The van der Waals surface area contributed by atoms with Crippen molar-refractivity contribution in [1.29, 1.82) is 0 Å². The lowest BCUT2D eigenvalue weighted by Crippen LogP contribution is -2.39. The number of pyridine rings is 1. The Labute approximate surface area is 177 Å². The maximum absolute atomic E-state index is 12.9. The van der Waals surface area contributed by atoms with Gasteiger partial charge in [0.2, 0.25) is 0 Å². The Morgan fingerprint density at radius 1 is 1.24 bits per heavy atom. The predicted molar refractivity (Wildman–Crippen MR) is 122 cm³/mol. The standard InChI is InChI=1S/C19H26N6OS.C2H6/c1-14-5-4-10-24(13-14)16-7-6-15-17(22-16)25(11-3-2-8-20-15)19(26)23-18-21-9-12-27-18;1-2/h6-7,9,12,14,20H,2-5,8,10-11,13H2,1H3,(H,21,23,26);1-2H3. The molecule has 0 bridgehead atoms. The molecule has 2 N–H and O–H groups in total. The van der Waals surface area contributed by atoms with Crippen molar-refractivity contribution in [2.24, 2.45) is 5.92 Å². The molecule has 0 spiro atoms. The zero-order chi connectivity index (χ0) is 20.6. The minimum atomic E-state index is -0.174. The molecule has 0 aliphatic carbocycles. The molecule has 7 nitrogen and oxygen atoms in total. The smallest absolute Gasteiger partial charge is 0.329 e. The average molecular weight is 417 g/mol. The SMILES string of the molecule is CC.CC1CCCN(c2ccc3c(n2)N(C(=O)Nc2nccs2)CCCCN3)C1. The van der Waals surface area contributed by atoms with Crippen LogP contribution in [0.5, 0.6) is 0 Å². The lowest BCUT2D eigenvalue weighted by Gasteiger charge is -2.33. The molecule has 1 atom stereocenters. The van der Waals surface area contributed by atoms with E-state index in [2.05, 4.69) is 39.6 Å². The van der Waals surface area contributed by atoms with Crippen LogP contribution in [0, 0.1) is 5.92 Å². The fourth-order valence-electron chi connectivity index (χ4n) is 3.72. The van der Waals surface area contributed by atoms with Gasteiger partial charge in [0.25, 0.3) is 0 Å². The number of rotatable bonds is 2. The summed E-state index contributed by atoms with van der Waals surface area (Å²) >= 11 is 1.42. The Balaban J connectivity index is 0.00000117. The van der Waals surface area contributed by atoms with E-state index in [1.807, 2.05) is 19.2 Å². The van der Waals surface area contributed by atoms with Crippen LogP contribution in [-0.2, 0) is 0 Å². The van der Waals surface area contributed by atoms with E-state index in [1.165, 1.54) is 24.2 Å². The second kappa shape index (κ2) is 10.4. The number of carbonyl (C=O) groups is 1. The van der Waals surface area contributed by atoms with Crippen LogP contribution in [0.2, 0.25) is 0 Å². The summed E-state index contributed by atoms with van der Waals surface area (Å²) in [6.45, 7) is 9.88. The predicted octanol–water partition coefficient (Wildman–Crippen LogP) is 5.04. The summed E-state index contributed by atoms with van der Waals surface area (Å²) in [7, 11) is 0. The van der Waals surface area contributed by atoms with Crippen molar-refractivity contribution in [2.45, 2.75) is 46.5 Å². The summed E-state index contributed by atoms with van der Waals surface area (Å²) < 4.78 is 0. The van der Waals surface area contributed by atoms with E-state index in [1.54, 1.807) is 11.1 Å². The number of aromatic nitrogens is 2. The van der Waals surface area contributed by atoms with Gasteiger partial charge in [-0.25, -0.2) is 14.8 Å². The number of piperidine rings is 1. The summed E-state index contributed by atoms with van der Waals surface area (Å²) in [6, 6.07) is 3.96. The number of hydrogen-bond donors (Lipinski definition) is 2. The van der Waals surface area contributed by atoms with E-state index in [9.17, 15) is 4.79 Å². The molecule has 2 aliphatic rings. The number of fused-ring (bicyclic) bond motifs is 1. The summed E-state index contributed by atoms with van der Waals surface area (Å²) in [6.07, 6.45) is 6.10. The van der Waals surface area contributed by atoms with Crippen LogP contribution < -0.4 is 20.4 Å². The highest BCUT2D eigenvalue weighted by atomic mass is 32.1. The Kier molecular flexibility index (Phi) is 7.69. The molecule has 158 valence electrons. The second-order valence-electron chi connectivity index (χ2n) is 7.29. The van der Waals surface area contributed by atoms with Crippen molar-refractivity contribution in [2.75, 3.05) is 46.6 Å². The zero-order valence-corrected chi connectivity index (χ0v) is 18.5. The van der Waals surface area contributed by atoms with Gasteiger partial charge in [0, 0.05) is 37.8 Å². The van der Waals surface area contributed by atoms with Crippen molar-refractivity contribution in [3.63, 3.8) is 0 Å². The molecule has 1 unspecified atom stereocenters. The molecule has 4 rings (SSSR count). The largest absolute Gasteiger partial charge is 0.382 e. The average Bonchev–Trinajstić information content (AvgIpc) is 3.23. The highest BCUT2D eigenvalue weighted by Gasteiger charge is 2.25. The van der Waals surface area contributed by atoms with Gasteiger partial charge in [-0.1, -0.05) is 20.8 Å². The molecule has 1 fully saturated rings. The third kappa shape index (κ3) is 5.38. The topological polar surface area (TPSA) is 73.4 Å². The van der Waals surface area contributed by atoms with Crippen molar-refractivity contribution >= 4 is 39.8 Å². The third-order valence-corrected chi connectivity index (χ3v) is 5.80. The maximum atomic E-state index is 12.9. The lowest BCUT2D eigenvalue weighted by atomic mass is 10.0. The van der Waals surface area contributed by atoms with Crippen molar-refractivity contribution in [3.8, 4) is 0 Å². The molecule has 0 saturated carbocycles. The summed E-state index contributed by atoms with van der Waals surface area (Å²) in [5.74, 6) is 2.33. The molecular weight excluding hydrogens is 384 g/mol. The second-order valence-corrected chi connectivity index (χ2v) is 8.18. The molecule has 0 aromatic carbocycles. The fraction of sp³-hybridized carbons (Fsp3) is 0.571. The number of urea groups is 1. The van der Waals surface area contributed by atoms with Gasteiger partial charge in [-0.15, -0.1) is 11.3 Å². The molecule has 1 saturated heterocycles. The number of amides is 2. The summed E-state index contributed by atoms with van der Waals surface area (Å²) in [5, 5.41) is 8.79. The first kappa shape index (κ1) is 21.4. The zero-order valence-electron chi connectivity index (χ0n) is 17.6. The van der Waals surface area contributed by atoms with Crippen LogP contribution in [0.1, 0.15) is 46.5 Å². The van der Waals surface area contributed by atoms with Crippen LogP contribution in [0.25, 0.3) is 0 Å². The summed E-state index contributed by atoms with van der Waals surface area (Å²) in [4.78, 5) is 26.1. The first-order valence-electron chi connectivity index (χ1n) is 10.7. The normalized spacial score (nSPS) is 19.1. The van der Waals surface area contributed by atoms with Gasteiger partial charge >= 0.3 is 6.03 Å². The van der Waals surface area contributed by atoms with Crippen molar-refractivity contribution in [1.82, 2.24) is 9.97 Å². The first-order valence-corrected chi connectivity index (χ1v) is 11.6. The van der Waals surface area contributed by atoms with E-state index in [0.717, 1.165) is 44.0 Å². The van der Waals surface area contributed by atoms with Gasteiger partial charge < -0.3 is 10.2 Å². The summed E-state index contributed by atoms with van der Waals surface area (Å²) in [5.41, 5.74) is 0.915. The molecule has 4 heterocycles. The first-order chi connectivity index (χ1) is 14.2. The highest BCUT2D eigenvalue weighted by Crippen LogP contribution is 2.31. The Morgan fingerprint density at radius 2 is 2.10 bits per heavy atom. The highest BCUT2D eigenvalue weighted by molar-refractivity contribution is 7.13. The Bertz CT molecular complexity index is 781. The van der Waals surface area contributed by atoms with E-state index >= 15 is 0 Å². The number of anilines is 4. The van der Waals surface area contributed by atoms with Gasteiger partial charge in [0.1, 0.15) is 5.82 Å². The van der Waals surface area contributed by atoms with Crippen LogP contribution >= 0.6 is 11.3 Å². The molecule has 2 amide bonds. The van der Waals surface area contributed by atoms with Crippen LogP contribution in [0.4, 0.5) is 27.2 Å². The molecule has 8 heteroatoms. The van der Waals surface area contributed by atoms with E-state index < -0.39 is 0 Å². The van der Waals surface area contributed by atoms with Gasteiger partial charge in [0.05, 0.1) is 5.69 Å². The minimum absolute atomic E-state index is 0.174.